The molecule has 3 N–H and O–H groups in total. The Morgan fingerprint density at radius 3 is 1.59 bits per heavy atom. The highest BCUT2D eigenvalue weighted by Gasteiger charge is 2.18. The summed E-state index contributed by atoms with van der Waals surface area (Å²) in [5.74, 6) is 1.09. The second-order valence-corrected chi connectivity index (χ2v) is 8.69. The molecule has 11 heteroatoms. The number of rotatable bonds is 14. The molecule has 0 saturated carbocycles. The lowest BCUT2D eigenvalue weighted by molar-refractivity contribution is -1.92. The van der Waals surface area contributed by atoms with E-state index in [-0.39, 0.29) is 11.5 Å². The number of phenolic OH excluding ortho intramolecular Hbond substituents is 2. The van der Waals surface area contributed by atoms with Crippen molar-refractivity contribution in [2.45, 2.75) is 32.9 Å². The number of benzene rings is 2. The third kappa shape index (κ3) is 11.8. The molecule has 206 valence electrons. The molecule has 10 nitrogen and oxygen atoms in total. The first-order valence-corrected chi connectivity index (χ1v) is 12.7. The number of halogens is 1. The van der Waals surface area contributed by atoms with Crippen LogP contribution in [0.3, 0.4) is 0 Å². The molecule has 37 heavy (non-hydrogen) atoms. The van der Waals surface area contributed by atoms with Crippen molar-refractivity contribution < 1.29 is 53.3 Å². The Morgan fingerprint density at radius 1 is 0.865 bits per heavy atom. The Hall–Kier alpha value is -2.83. The molecule has 0 aromatic heterocycles. The van der Waals surface area contributed by atoms with Gasteiger partial charge < -0.3 is 24.4 Å². The van der Waals surface area contributed by atoms with Crippen molar-refractivity contribution in [1.29, 1.82) is 0 Å². The molecule has 0 spiro atoms. The van der Waals surface area contributed by atoms with Crippen LogP contribution < -0.4 is 23.5 Å². The molecule has 0 unspecified atom stereocenters. The van der Waals surface area contributed by atoms with Gasteiger partial charge in [0, 0.05) is 37.4 Å². The summed E-state index contributed by atoms with van der Waals surface area (Å²) in [4.78, 5) is 2.12. The monoisotopic (exact) mass is 541 g/mol. The van der Waals surface area contributed by atoms with E-state index in [1.807, 2.05) is 43.3 Å². The van der Waals surface area contributed by atoms with Gasteiger partial charge in [-0.1, -0.05) is 24.3 Å². The zero-order valence-corrected chi connectivity index (χ0v) is 22.2. The number of hydrogen-bond donors (Lipinski definition) is 3. The van der Waals surface area contributed by atoms with E-state index in [4.69, 9.17) is 32.8 Å². The third-order valence-electron chi connectivity index (χ3n) is 5.17. The van der Waals surface area contributed by atoms with Gasteiger partial charge in [-0.05, 0) is 43.0 Å². The molecule has 2 rings (SSSR count). The van der Waals surface area contributed by atoms with Gasteiger partial charge >= 0.3 is 0 Å². The van der Waals surface area contributed by atoms with Crippen molar-refractivity contribution >= 4 is 0 Å². The van der Waals surface area contributed by atoms with Crippen LogP contribution in [0, 0.1) is 10.2 Å². The highest BCUT2D eigenvalue weighted by molar-refractivity contribution is 5.50. The number of aromatic hydroxyl groups is 2. The van der Waals surface area contributed by atoms with Crippen LogP contribution >= 0.6 is 0 Å². The molecule has 0 aliphatic carbocycles. The number of methoxy groups -OCH3 is 2. The lowest BCUT2D eigenvalue weighted by Gasteiger charge is -2.25. The van der Waals surface area contributed by atoms with Crippen LogP contribution in [0.1, 0.15) is 29.2 Å². The van der Waals surface area contributed by atoms with Crippen LogP contribution in [0.4, 0.5) is 0 Å². The van der Waals surface area contributed by atoms with E-state index >= 15 is 0 Å². The zero-order chi connectivity index (χ0) is 28.0. The van der Waals surface area contributed by atoms with Crippen molar-refractivity contribution in [2.24, 2.45) is 0 Å². The Labute approximate surface area is 220 Å². The number of allylic oxidation sites excluding steroid dienone is 2. The predicted octanol–water partition coefficient (Wildman–Crippen LogP) is 0.487. The second-order valence-electron chi connectivity index (χ2n) is 7.90. The standard InChI is InChI=1S/C26H35NO5.ClHO4/c1-6-9-19-13-21(25(28)23(15-19)30-4)17-27(11-12-32-8-3)18-22-14-20(10-7-2)16-24(31-5)26(22)29;2-1(3,4)5/h6-7,13-16,28-29H,1-2,8-12,17-18H2,3-5H3;(H,2,3,4,5). The van der Waals surface area contributed by atoms with Crippen molar-refractivity contribution in [2.75, 3.05) is 34.0 Å². The molecule has 2 aromatic carbocycles. The number of hydrogen-bond acceptors (Lipinski definition) is 10. The van der Waals surface area contributed by atoms with Crippen molar-refractivity contribution in [3.8, 4) is 23.0 Å². The van der Waals surface area contributed by atoms with Crippen molar-refractivity contribution in [1.82, 2.24) is 4.90 Å². The van der Waals surface area contributed by atoms with Gasteiger partial charge in [0.15, 0.2) is 23.0 Å². The van der Waals surface area contributed by atoms with Crippen LogP contribution in [0.25, 0.3) is 0 Å². The molecule has 0 radical (unpaired) electrons. The Kier molecular flexibility index (Phi) is 14.0. The fraction of sp³-hybridized carbons (Fsp3) is 0.385. The summed E-state index contributed by atoms with van der Waals surface area (Å²) >= 11 is 0. The summed E-state index contributed by atoms with van der Waals surface area (Å²) in [6, 6.07) is 7.56. The number of nitrogens with zero attached hydrogens (tertiary/aromatic N) is 1. The lowest BCUT2D eigenvalue weighted by atomic mass is 10.0. The van der Waals surface area contributed by atoms with Gasteiger partial charge in [0.05, 0.1) is 35.7 Å². The summed E-state index contributed by atoms with van der Waals surface area (Å²) in [5, 5.41) is 21.5. The second kappa shape index (κ2) is 16.1. The molecule has 0 bridgehead atoms. The number of phenols is 2. The summed E-state index contributed by atoms with van der Waals surface area (Å²) < 4.78 is 49.0. The summed E-state index contributed by atoms with van der Waals surface area (Å²) in [5.41, 5.74) is 3.50. The Balaban J connectivity index is 0.00000124. The molecule has 0 fully saturated rings. The molecule has 0 atom stereocenters. The topological polar surface area (TPSA) is 161 Å². The number of ether oxygens (including phenoxy) is 3. The minimum Gasteiger partial charge on any atom is -0.504 e. The normalized spacial score (nSPS) is 11.0. The van der Waals surface area contributed by atoms with Crippen LogP contribution in [0.2, 0.25) is 0 Å². The first kappa shape index (κ1) is 32.2. The Bertz CT molecular complexity index is 933. The lowest BCUT2D eigenvalue weighted by Crippen LogP contribution is -2.58. The first-order chi connectivity index (χ1) is 17.5. The highest BCUT2D eigenvalue weighted by Crippen LogP contribution is 2.35. The average molecular weight is 542 g/mol. The van der Waals surface area contributed by atoms with E-state index in [1.54, 1.807) is 14.2 Å². The van der Waals surface area contributed by atoms with Gasteiger partial charge in [-0.15, -0.1) is 13.2 Å². The van der Waals surface area contributed by atoms with Gasteiger partial charge in [-0.25, -0.2) is 0 Å². The molecule has 0 saturated heterocycles. The molecule has 0 aliphatic rings. The third-order valence-corrected chi connectivity index (χ3v) is 5.17. The fourth-order valence-electron chi connectivity index (χ4n) is 3.61. The summed E-state index contributed by atoms with van der Waals surface area (Å²) in [6.07, 6.45) is 4.98. The maximum absolute atomic E-state index is 10.7. The average Bonchev–Trinajstić information content (AvgIpc) is 2.82. The summed E-state index contributed by atoms with van der Waals surface area (Å²) in [7, 11) is -1.61. The van der Waals surface area contributed by atoms with Gasteiger partial charge in [0.1, 0.15) is 0 Å². The van der Waals surface area contributed by atoms with Gasteiger partial charge in [-0.3, -0.25) is 4.90 Å². The van der Waals surface area contributed by atoms with Crippen molar-refractivity contribution in [3.63, 3.8) is 0 Å². The molecule has 0 heterocycles. The van der Waals surface area contributed by atoms with E-state index in [9.17, 15) is 10.2 Å². The van der Waals surface area contributed by atoms with E-state index < -0.39 is 10.2 Å². The Morgan fingerprint density at radius 2 is 1.27 bits per heavy atom. The smallest absolute Gasteiger partial charge is 0.162 e. The maximum atomic E-state index is 10.7. The van der Waals surface area contributed by atoms with E-state index in [0.29, 0.717) is 57.2 Å². The van der Waals surface area contributed by atoms with Crippen LogP contribution in [-0.2, 0) is 30.7 Å². The SMILES string of the molecule is C=CCc1cc(CN(CCOCC)Cc2cc(CC=C)cc(OC)c2O)c(O)c(OC)c1.[O-][Cl+3]([O-])([O-])O. The highest BCUT2D eigenvalue weighted by atomic mass is 35.7. The van der Waals surface area contributed by atoms with Crippen LogP contribution in [-0.4, -0.2) is 53.8 Å². The van der Waals surface area contributed by atoms with E-state index in [0.717, 1.165) is 22.3 Å². The molecular weight excluding hydrogens is 506 g/mol. The minimum absolute atomic E-state index is 0.115. The quantitative estimate of drug-likeness (QED) is 0.227. The first-order valence-electron chi connectivity index (χ1n) is 11.4. The van der Waals surface area contributed by atoms with E-state index in [1.165, 1.54) is 0 Å². The molecule has 0 aliphatic heterocycles. The predicted molar refractivity (Wildman–Crippen MR) is 130 cm³/mol. The van der Waals surface area contributed by atoms with Gasteiger partial charge in [0.2, 0.25) is 0 Å². The molecule has 2 aromatic rings. The molecular formula is C26H36ClNO9. The van der Waals surface area contributed by atoms with E-state index in [2.05, 4.69) is 18.1 Å². The zero-order valence-electron chi connectivity index (χ0n) is 21.4. The van der Waals surface area contributed by atoms with Crippen molar-refractivity contribution in [3.05, 3.63) is 71.8 Å². The van der Waals surface area contributed by atoms with Crippen LogP contribution in [0.5, 0.6) is 23.0 Å². The van der Waals surface area contributed by atoms with Gasteiger partial charge in [-0.2, -0.15) is 14.0 Å². The minimum atomic E-state index is -4.69. The maximum Gasteiger partial charge on any atom is 0.162 e. The molecule has 0 amide bonds. The fourth-order valence-corrected chi connectivity index (χ4v) is 3.61. The largest absolute Gasteiger partial charge is 0.504 e. The summed E-state index contributed by atoms with van der Waals surface area (Å²) in [6.45, 7) is 12.2. The van der Waals surface area contributed by atoms with Crippen LogP contribution in [0.15, 0.2) is 49.6 Å². The van der Waals surface area contributed by atoms with Gasteiger partial charge in [0.25, 0.3) is 0 Å².